The minimum atomic E-state index is -1.17. The molecule has 0 amide bonds. The lowest BCUT2D eigenvalue weighted by Gasteiger charge is -2.35. The van der Waals surface area contributed by atoms with Crippen LogP contribution in [0.3, 0.4) is 0 Å². The van der Waals surface area contributed by atoms with Gasteiger partial charge in [-0.25, -0.2) is 0 Å². The Hall–Kier alpha value is -2.61. The molecular weight excluding hydrogens is 446 g/mol. The lowest BCUT2D eigenvalue weighted by molar-refractivity contribution is 0.328. The summed E-state index contributed by atoms with van der Waals surface area (Å²) < 4.78 is 26.5. The Kier molecular flexibility index (Phi) is 8.57. The van der Waals surface area contributed by atoms with Crippen molar-refractivity contribution in [1.29, 1.82) is 0 Å². The lowest BCUT2D eigenvalue weighted by atomic mass is 10.0. The van der Waals surface area contributed by atoms with Crippen molar-refractivity contribution in [2.75, 3.05) is 20.3 Å². The van der Waals surface area contributed by atoms with Crippen LogP contribution >= 0.6 is 0 Å². The summed E-state index contributed by atoms with van der Waals surface area (Å²) >= 11 is -1.17. The molecule has 7 heteroatoms. The molecule has 3 rings (SSSR count). The molecule has 1 aromatic carbocycles. The van der Waals surface area contributed by atoms with Crippen LogP contribution in [-0.4, -0.2) is 43.8 Å². The van der Waals surface area contributed by atoms with Crippen LogP contribution in [0.5, 0.6) is 11.5 Å². The maximum absolute atomic E-state index is 13.2. The first kappa shape index (κ1) is 26.0. The average Bonchev–Trinajstić information content (AvgIpc) is 2.83. The van der Waals surface area contributed by atoms with Gasteiger partial charge in [0.2, 0.25) is 0 Å². The fourth-order valence-electron chi connectivity index (χ4n) is 3.79. The Balaban J connectivity index is 2.09. The first-order chi connectivity index (χ1) is 16.2. The first-order valence-corrected chi connectivity index (χ1v) is 12.7. The van der Waals surface area contributed by atoms with Gasteiger partial charge in [0, 0.05) is 35.1 Å². The van der Waals surface area contributed by atoms with E-state index < -0.39 is 11.4 Å². The van der Waals surface area contributed by atoms with Crippen LogP contribution in [0.4, 0.5) is 0 Å². The monoisotopic (exact) mass is 481 g/mol. The number of methoxy groups -OCH3 is 1. The van der Waals surface area contributed by atoms with E-state index in [0.29, 0.717) is 24.7 Å². The molecule has 0 saturated carbocycles. The highest BCUT2D eigenvalue weighted by Gasteiger charge is 2.36. The SMILES string of the molecule is C=CCCOc1cc(-c2cc(C(C)N(CC)[S+]([O-])C(C)(C)C)ncc2OC)cc2cccnc12. The zero-order valence-corrected chi connectivity index (χ0v) is 21.8. The van der Waals surface area contributed by atoms with Crippen LogP contribution in [-0.2, 0) is 11.4 Å². The van der Waals surface area contributed by atoms with E-state index in [2.05, 4.69) is 22.6 Å². The zero-order valence-electron chi connectivity index (χ0n) is 21.0. The summed E-state index contributed by atoms with van der Waals surface area (Å²) in [6, 6.07) is 9.90. The number of hydrogen-bond acceptors (Lipinski definition) is 6. The maximum Gasteiger partial charge on any atom is 0.146 e. The predicted molar refractivity (Wildman–Crippen MR) is 141 cm³/mol. The van der Waals surface area contributed by atoms with Crippen LogP contribution < -0.4 is 9.47 Å². The van der Waals surface area contributed by atoms with Crippen molar-refractivity contribution >= 4 is 22.3 Å². The second-order valence-electron chi connectivity index (χ2n) is 9.06. The minimum Gasteiger partial charge on any atom is -0.597 e. The summed E-state index contributed by atoms with van der Waals surface area (Å²) in [6.07, 6.45) is 6.08. The van der Waals surface area contributed by atoms with Gasteiger partial charge in [-0.1, -0.05) is 12.1 Å². The Morgan fingerprint density at radius 2 is 1.97 bits per heavy atom. The molecule has 0 radical (unpaired) electrons. The van der Waals surface area contributed by atoms with E-state index in [1.54, 1.807) is 19.5 Å². The largest absolute Gasteiger partial charge is 0.597 e. The van der Waals surface area contributed by atoms with Crippen LogP contribution in [0.2, 0.25) is 0 Å². The smallest absolute Gasteiger partial charge is 0.146 e. The van der Waals surface area contributed by atoms with Crippen molar-refractivity contribution in [3.05, 3.63) is 61.1 Å². The van der Waals surface area contributed by atoms with Gasteiger partial charge in [0.15, 0.2) is 0 Å². The van der Waals surface area contributed by atoms with Crippen LogP contribution in [0.25, 0.3) is 22.0 Å². The molecule has 0 N–H and O–H groups in total. The van der Waals surface area contributed by atoms with Crippen LogP contribution in [0.1, 0.15) is 52.8 Å². The van der Waals surface area contributed by atoms with Gasteiger partial charge in [-0.05, 0) is 70.9 Å². The number of rotatable bonds is 10. The molecular formula is C27H35N3O3S. The van der Waals surface area contributed by atoms with Crippen molar-refractivity contribution in [1.82, 2.24) is 14.3 Å². The number of pyridine rings is 2. The number of hydrogen-bond donors (Lipinski definition) is 0. The van der Waals surface area contributed by atoms with E-state index in [0.717, 1.165) is 34.1 Å². The topological polar surface area (TPSA) is 70.5 Å². The molecule has 2 aromatic heterocycles. The minimum absolute atomic E-state index is 0.139. The Morgan fingerprint density at radius 1 is 1.21 bits per heavy atom. The Labute approximate surface area is 206 Å². The molecule has 0 saturated heterocycles. The van der Waals surface area contributed by atoms with E-state index in [9.17, 15) is 4.55 Å². The third-order valence-corrected chi connectivity index (χ3v) is 7.63. The molecule has 34 heavy (non-hydrogen) atoms. The van der Waals surface area contributed by atoms with E-state index >= 15 is 0 Å². The van der Waals surface area contributed by atoms with Crippen molar-refractivity contribution in [3.8, 4) is 22.6 Å². The highest BCUT2D eigenvalue weighted by molar-refractivity contribution is 7.90. The first-order valence-electron chi connectivity index (χ1n) is 11.6. The van der Waals surface area contributed by atoms with Crippen molar-refractivity contribution in [3.63, 3.8) is 0 Å². The predicted octanol–water partition coefficient (Wildman–Crippen LogP) is 6.11. The van der Waals surface area contributed by atoms with Gasteiger partial charge in [0.05, 0.1) is 31.6 Å². The normalized spacial score (nSPS) is 13.6. The molecule has 0 aliphatic carbocycles. The summed E-state index contributed by atoms with van der Waals surface area (Å²) in [7, 11) is 1.64. The molecule has 2 heterocycles. The molecule has 2 unspecified atom stereocenters. The zero-order chi connectivity index (χ0) is 24.9. The molecule has 6 nitrogen and oxygen atoms in total. The Morgan fingerprint density at radius 3 is 2.62 bits per heavy atom. The molecule has 0 bridgehead atoms. The van der Waals surface area contributed by atoms with E-state index in [-0.39, 0.29) is 10.8 Å². The summed E-state index contributed by atoms with van der Waals surface area (Å²) in [6.45, 7) is 15.0. The van der Waals surface area contributed by atoms with Crippen LogP contribution in [0, 0.1) is 0 Å². The number of fused-ring (bicyclic) bond motifs is 1. The number of ether oxygens (including phenoxy) is 2. The van der Waals surface area contributed by atoms with Crippen molar-refractivity contribution in [2.24, 2.45) is 0 Å². The number of benzene rings is 1. The summed E-state index contributed by atoms with van der Waals surface area (Å²) in [4.78, 5) is 9.18. The highest BCUT2D eigenvalue weighted by Crippen LogP contribution is 2.38. The summed E-state index contributed by atoms with van der Waals surface area (Å²) in [5.41, 5.74) is 3.49. The standard InChI is InChI=1S/C27H35N3O3S/c1-8-10-14-33-24-16-21(15-20-12-11-13-28-26(20)24)22-17-23(29-18-25(22)32-7)19(3)30(9-2)34(31)27(4,5)6/h8,11-13,15-19H,1,9-10,14H2,2-7H3. The highest BCUT2D eigenvalue weighted by atomic mass is 32.2. The third kappa shape index (κ3) is 5.71. The molecule has 3 aromatic rings. The fourth-order valence-corrected chi connectivity index (χ4v) is 5.12. The third-order valence-electron chi connectivity index (χ3n) is 5.58. The Bertz CT molecular complexity index is 1130. The van der Waals surface area contributed by atoms with Gasteiger partial charge >= 0.3 is 0 Å². The van der Waals surface area contributed by atoms with Gasteiger partial charge in [0.1, 0.15) is 21.8 Å². The molecule has 0 aliphatic heterocycles. The second kappa shape index (κ2) is 11.2. The average molecular weight is 482 g/mol. The van der Waals surface area contributed by atoms with Gasteiger partial charge in [-0.3, -0.25) is 9.97 Å². The van der Waals surface area contributed by atoms with E-state index in [1.165, 1.54) is 0 Å². The quantitative estimate of drug-likeness (QED) is 0.198. The van der Waals surface area contributed by atoms with Gasteiger partial charge in [0.25, 0.3) is 0 Å². The maximum atomic E-state index is 13.2. The second-order valence-corrected chi connectivity index (χ2v) is 11.2. The van der Waals surface area contributed by atoms with E-state index in [1.807, 2.05) is 69.3 Å². The molecule has 2 atom stereocenters. The van der Waals surface area contributed by atoms with Crippen LogP contribution in [0.15, 0.2) is 55.4 Å². The molecule has 182 valence electrons. The molecule has 0 spiro atoms. The molecule has 0 aliphatic rings. The molecule has 0 fully saturated rings. The van der Waals surface area contributed by atoms with Gasteiger partial charge in [-0.15, -0.1) is 10.9 Å². The van der Waals surface area contributed by atoms with Gasteiger partial charge < -0.3 is 14.0 Å². The van der Waals surface area contributed by atoms with Crippen molar-refractivity contribution in [2.45, 2.75) is 51.8 Å². The number of nitrogens with zero attached hydrogens (tertiary/aromatic N) is 3. The summed E-state index contributed by atoms with van der Waals surface area (Å²) in [5, 5.41) is 0.978. The van der Waals surface area contributed by atoms with E-state index in [4.69, 9.17) is 9.47 Å². The summed E-state index contributed by atoms with van der Waals surface area (Å²) in [5.74, 6) is 1.38. The van der Waals surface area contributed by atoms with Gasteiger partial charge in [-0.2, -0.15) is 0 Å². The van der Waals surface area contributed by atoms with Crippen molar-refractivity contribution < 1.29 is 14.0 Å². The number of aromatic nitrogens is 2. The fraction of sp³-hybridized carbons (Fsp3) is 0.407. The lowest BCUT2D eigenvalue weighted by Crippen LogP contribution is -2.44.